The minimum Gasteiger partial charge on any atom is -0.377 e. The normalized spacial score (nSPS) is 23.5. The number of anilines is 2. The van der Waals surface area contributed by atoms with Gasteiger partial charge in [0, 0.05) is 37.0 Å². The molecule has 0 radical (unpaired) electrons. The lowest BCUT2D eigenvalue weighted by Gasteiger charge is -2.36. The average molecular weight is 357 g/mol. The van der Waals surface area contributed by atoms with Crippen LogP contribution in [0.2, 0.25) is 0 Å². The van der Waals surface area contributed by atoms with Crippen molar-refractivity contribution in [3.63, 3.8) is 0 Å². The first-order valence-corrected chi connectivity index (χ1v) is 9.23. The van der Waals surface area contributed by atoms with Gasteiger partial charge in [0.25, 0.3) is 5.56 Å². The van der Waals surface area contributed by atoms with Gasteiger partial charge >= 0.3 is 0 Å². The number of aromatic amines is 1. The lowest BCUT2D eigenvalue weighted by molar-refractivity contribution is 0.0989. The van der Waals surface area contributed by atoms with Crippen LogP contribution < -0.4 is 15.4 Å². The van der Waals surface area contributed by atoms with E-state index in [1.807, 2.05) is 12.1 Å². The maximum Gasteiger partial charge on any atom is 0.251 e. The van der Waals surface area contributed by atoms with Crippen molar-refractivity contribution in [1.82, 2.24) is 4.98 Å². The van der Waals surface area contributed by atoms with E-state index in [4.69, 9.17) is 4.74 Å². The summed E-state index contributed by atoms with van der Waals surface area (Å²) in [4.78, 5) is 19.7. The molecule has 2 fully saturated rings. The van der Waals surface area contributed by atoms with E-state index in [0.717, 1.165) is 43.0 Å². The number of nitrogens with zero attached hydrogens (tertiary/aromatic N) is 2. The van der Waals surface area contributed by atoms with Crippen LogP contribution in [0.25, 0.3) is 0 Å². The number of halogens is 1. The zero-order chi connectivity index (χ0) is 18.1. The number of nitrogens with one attached hydrogen (secondary N) is 1. The van der Waals surface area contributed by atoms with E-state index in [1.165, 1.54) is 6.07 Å². The first kappa shape index (κ1) is 17.1. The largest absolute Gasteiger partial charge is 0.377 e. The zero-order valence-electron chi connectivity index (χ0n) is 15.0. The number of pyridine rings is 1. The van der Waals surface area contributed by atoms with Gasteiger partial charge in [0.05, 0.1) is 19.3 Å². The van der Waals surface area contributed by atoms with E-state index in [1.54, 1.807) is 18.2 Å². The molecule has 0 bridgehead atoms. The van der Waals surface area contributed by atoms with Crippen LogP contribution in [0, 0.1) is 5.82 Å². The first-order valence-electron chi connectivity index (χ1n) is 9.23. The van der Waals surface area contributed by atoms with Gasteiger partial charge in [-0.2, -0.15) is 0 Å². The highest BCUT2D eigenvalue weighted by atomic mass is 19.1. The molecule has 4 rings (SSSR count). The molecule has 3 heterocycles. The molecule has 2 aromatic rings. The second-order valence-corrected chi connectivity index (χ2v) is 7.11. The van der Waals surface area contributed by atoms with Crippen molar-refractivity contribution in [3.8, 4) is 0 Å². The van der Waals surface area contributed by atoms with Crippen LogP contribution in [0.4, 0.5) is 15.9 Å². The predicted octanol–water partition coefficient (Wildman–Crippen LogP) is 3.08. The molecular formula is C20H24FN3O2. The van der Waals surface area contributed by atoms with E-state index < -0.39 is 0 Å². The molecular weight excluding hydrogens is 333 g/mol. The second kappa shape index (κ2) is 7.11. The molecule has 0 amide bonds. The Hall–Kier alpha value is -2.34. The molecule has 1 aromatic carbocycles. The highest BCUT2D eigenvalue weighted by molar-refractivity contribution is 5.57. The number of aromatic nitrogens is 1. The molecule has 1 N–H and O–H groups in total. The molecule has 26 heavy (non-hydrogen) atoms. The van der Waals surface area contributed by atoms with Crippen molar-refractivity contribution in [3.05, 3.63) is 58.1 Å². The first-order chi connectivity index (χ1) is 12.6. The predicted molar refractivity (Wildman–Crippen MR) is 100 cm³/mol. The summed E-state index contributed by atoms with van der Waals surface area (Å²) in [6.45, 7) is 5.06. The quantitative estimate of drug-likeness (QED) is 0.917. The third-order valence-electron chi connectivity index (χ3n) is 5.31. The number of hydrogen-bond donors (Lipinski definition) is 1. The Balaban J connectivity index is 1.67. The number of rotatable bonds is 3. The number of morpholine rings is 1. The van der Waals surface area contributed by atoms with Gasteiger partial charge in [-0.3, -0.25) is 4.79 Å². The highest BCUT2D eigenvalue weighted by Crippen LogP contribution is 2.36. The number of benzene rings is 1. The third-order valence-corrected chi connectivity index (χ3v) is 5.31. The Morgan fingerprint density at radius 1 is 1.19 bits per heavy atom. The molecule has 0 spiro atoms. The molecule has 0 unspecified atom stereocenters. The van der Waals surface area contributed by atoms with Crippen LogP contribution in [0.5, 0.6) is 0 Å². The number of H-pyrrole nitrogens is 1. The molecule has 5 nitrogen and oxygen atoms in total. The fourth-order valence-electron chi connectivity index (χ4n) is 4.06. The van der Waals surface area contributed by atoms with Crippen molar-refractivity contribution < 1.29 is 9.13 Å². The van der Waals surface area contributed by atoms with Crippen molar-refractivity contribution >= 4 is 11.5 Å². The van der Waals surface area contributed by atoms with Gasteiger partial charge < -0.3 is 19.5 Å². The van der Waals surface area contributed by atoms with E-state index in [0.29, 0.717) is 13.2 Å². The summed E-state index contributed by atoms with van der Waals surface area (Å²) in [7, 11) is 0. The average Bonchev–Trinajstić information content (AvgIpc) is 3.11. The summed E-state index contributed by atoms with van der Waals surface area (Å²) in [6, 6.07) is 10.8. The SMILES string of the molecule is C[C@@H]1COCCN1c1cc(N2CCC[C@@H]2c2cccc(F)c2)[nH]c(=O)c1. The number of hydrogen-bond acceptors (Lipinski definition) is 4. The zero-order valence-corrected chi connectivity index (χ0v) is 15.0. The lowest BCUT2D eigenvalue weighted by atomic mass is 10.0. The fourth-order valence-corrected chi connectivity index (χ4v) is 4.06. The minimum absolute atomic E-state index is 0.0821. The molecule has 0 aliphatic carbocycles. The standard InChI is InChI=1S/C20H24FN3O2/c1-14-13-26-9-8-23(14)17-11-19(22-20(25)12-17)24-7-3-6-18(24)15-4-2-5-16(21)10-15/h2,4-5,10-12,14,18H,3,6-9,13H2,1H3,(H,22,25)/t14-,18-/m1/s1. The van der Waals surface area contributed by atoms with E-state index in [9.17, 15) is 9.18 Å². The maximum absolute atomic E-state index is 13.7. The Bertz CT molecular complexity index is 838. The van der Waals surface area contributed by atoms with Gasteiger partial charge in [0.2, 0.25) is 0 Å². The smallest absolute Gasteiger partial charge is 0.251 e. The molecule has 0 saturated carbocycles. The molecule has 2 atom stereocenters. The van der Waals surface area contributed by atoms with Crippen LogP contribution in [-0.2, 0) is 4.74 Å². The van der Waals surface area contributed by atoms with Crippen LogP contribution in [0.1, 0.15) is 31.4 Å². The monoisotopic (exact) mass is 357 g/mol. The number of ether oxygens (including phenoxy) is 1. The van der Waals surface area contributed by atoms with Crippen LogP contribution in [-0.4, -0.2) is 37.3 Å². The van der Waals surface area contributed by atoms with Crippen LogP contribution in [0.3, 0.4) is 0 Å². The van der Waals surface area contributed by atoms with E-state index in [2.05, 4.69) is 21.7 Å². The Morgan fingerprint density at radius 2 is 2.08 bits per heavy atom. The van der Waals surface area contributed by atoms with Gasteiger partial charge in [-0.05, 0) is 37.5 Å². The van der Waals surface area contributed by atoms with Crippen molar-refractivity contribution in [1.29, 1.82) is 0 Å². The van der Waals surface area contributed by atoms with Gasteiger partial charge in [-0.1, -0.05) is 12.1 Å². The Kier molecular flexibility index (Phi) is 4.68. The van der Waals surface area contributed by atoms with Crippen molar-refractivity contribution in [2.45, 2.75) is 31.8 Å². The molecule has 2 aliphatic heterocycles. The topological polar surface area (TPSA) is 48.6 Å². The summed E-state index contributed by atoms with van der Waals surface area (Å²) in [5.74, 6) is 0.580. The van der Waals surface area contributed by atoms with Gasteiger partial charge in [0.15, 0.2) is 0 Å². The van der Waals surface area contributed by atoms with Crippen LogP contribution in [0.15, 0.2) is 41.2 Å². The summed E-state index contributed by atoms with van der Waals surface area (Å²) in [5, 5.41) is 0. The highest BCUT2D eigenvalue weighted by Gasteiger charge is 2.28. The van der Waals surface area contributed by atoms with Gasteiger partial charge in [0.1, 0.15) is 11.6 Å². The molecule has 2 aliphatic rings. The van der Waals surface area contributed by atoms with E-state index >= 15 is 0 Å². The summed E-state index contributed by atoms with van der Waals surface area (Å²) < 4.78 is 19.2. The van der Waals surface area contributed by atoms with Crippen LogP contribution >= 0.6 is 0 Å². The summed E-state index contributed by atoms with van der Waals surface area (Å²) >= 11 is 0. The summed E-state index contributed by atoms with van der Waals surface area (Å²) in [6.07, 6.45) is 1.96. The fraction of sp³-hybridized carbons (Fsp3) is 0.450. The molecule has 6 heteroatoms. The molecule has 138 valence electrons. The van der Waals surface area contributed by atoms with E-state index in [-0.39, 0.29) is 23.5 Å². The van der Waals surface area contributed by atoms with Gasteiger partial charge in [-0.25, -0.2) is 4.39 Å². The minimum atomic E-state index is -0.223. The maximum atomic E-state index is 13.7. The summed E-state index contributed by atoms with van der Waals surface area (Å²) in [5.41, 5.74) is 1.76. The second-order valence-electron chi connectivity index (χ2n) is 7.11. The van der Waals surface area contributed by atoms with Gasteiger partial charge in [-0.15, -0.1) is 0 Å². The Morgan fingerprint density at radius 3 is 2.88 bits per heavy atom. The molecule has 1 aromatic heterocycles. The molecule has 2 saturated heterocycles. The lowest BCUT2D eigenvalue weighted by Crippen LogP contribution is -2.44. The third kappa shape index (κ3) is 3.33. The van der Waals surface area contributed by atoms with Crippen molar-refractivity contribution in [2.75, 3.05) is 36.1 Å². The van der Waals surface area contributed by atoms with Crippen molar-refractivity contribution in [2.24, 2.45) is 0 Å². The Labute approximate surface area is 152 Å².